The number of aryl methyl sites for hydroxylation is 2. The van der Waals surface area contributed by atoms with Crippen molar-refractivity contribution in [2.75, 3.05) is 4.72 Å². The van der Waals surface area contributed by atoms with E-state index in [-0.39, 0.29) is 10.7 Å². The summed E-state index contributed by atoms with van der Waals surface area (Å²) in [5.41, 5.74) is -0.170. The molecule has 1 N–H and O–H groups in total. The first kappa shape index (κ1) is 14.0. The summed E-state index contributed by atoms with van der Waals surface area (Å²) < 4.78 is 28.2. The standard InChI is InChI=1S/C11H12N4O4S/c1-8-4-3-5-9(15(16)17)11(8)20(18,19)13-10-6-7-14(2)12-10/h3-7H,1-2H3,(H,12,13). The molecule has 0 unspecified atom stereocenters. The molecule has 1 heterocycles. The van der Waals surface area contributed by atoms with Crippen molar-refractivity contribution in [3.8, 4) is 0 Å². The molecule has 0 radical (unpaired) electrons. The summed E-state index contributed by atoms with van der Waals surface area (Å²) in [4.78, 5) is 9.90. The Labute approximate surface area is 115 Å². The molecule has 2 aromatic rings. The third-order valence-electron chi connectivity index (χ3n) is 2.61. The predicted molar refractivity (Wildman–Crippen MR) is 71.8 cm³/mol. The van der Waals surface area contributed by atoms with Crippen molar-refractivity contribution in [2.24, 2.45) is 7.05 Å². The summed E-state index contributed by atoms with van der Waals surface area (Å²) in [7, 11) is -2.44. The van der Waals surface area contributed by atoms with E-state index in [1.165, 1.54) is 29.8 Å². The lowest BCUT2D eigenvalue weighted by atomic mass is 10.2. The maximum absolute atomic E-state index is 12.3. The fourth-order valence-electron chi connectivity index (χ4n) is 1.79. The van der Waals surface area contributed by atoms with Gasteiger partial charge in [0.2, 0.25) is 0 Å². The van der Waals surface area contributed by atoms with Crippen LogP contribution in [0.2, 0.25) is 0 Å². The molecule has 0 aliphatic heterocycles. The Balaban J connectivity index is 2.52. The van der Waals surface area contributed by atoms with Gasteiger partial charge in [-0.25, -0.2) is 8.42 Å². The fourth-order valence-corrected chi connectivity index (χ4v) is 3.18. The first-order valence-corrected chi connectivity index (χ1v) is 7.06. The Kier molecular flexibility index (Phi) is 3.45. The van der Waals surface area contributed by atoms with Crippen molar-refractivity contribution in [2.45, 2.75) is 11.8 Å². The molecule has 0 bridgehead atoms. The number of anilines is 1. The number of nitro groups is 1. The van der Waals surface area contributed by atoms with E-state index >= 15 is 0 Å². The highest BCUT2D eigenvalue weighted by molar-refractivity contribution is 7.93. The summed E-state index contributed by atoms with van der Waals surface area (Å²) in [6.45, 7) is 1.50. The van der Waals surface area contributed by atoms with Gasteiger partial charge in [0.1, 0.15) is 0 Å². The first-order chi connectivity index (χ1) is 9.31. The van der Waals surface area contributed by atoms with Crippen LogP contribution in [0.5, 0.6) is 0 Å². The normalized spacial score (nSPS) is 11.3. The highest BCUT2D eigenvalue weighted by atomic mass is 32.2. The molecule has 0 saturated carbocycles. The predicted octanol–water partition coefficient (Wildman–Crippen LogP) is 1.44. The number of hydrogen-bond acceptors (Lipinski definition) is 5. The SMILES string of the molecule is Cc1cccc([N+](=O)[O-])c1S(=O)(=O)Nc1ccn(C)n1. The lowest BCUT2D eigenvalue weighted by molar-refractivity contribution is -0.387. The average Bonchev–Trinajstić information content (AvgIpc) is 2.73. The molecule has 9 heteroatoms. The zero-order valence-corrected chi connectivity index (χ0v) is 11.6. The van der Waals surface area contributed by atoms with Gasteiger partial charge in [-0.1, -0.05) is 12.1 Å². The second-order valence-electron chi connectivity index (χ2n) is 4.16. The lowest BCUT2D eigenvalue weighted by Gasteiger charge is -2.08. The number of hydrogen-bond donors (Lipinski definition) is 1. The van der Waals surface area contributed by atoms with Gasteiger partial charge in [-0.3, -0.25) is 19.5 Å². The van der Waals surface area contributed by atoms with Gasteiger partial charge >= 0.3 is 0 Å². The fraction of sp³-hybridized carbons (Fsp3) is 0.182. The summed E-state index contributed by atoms with van der Waals surface area (Å²) in [6.07, 6.45) is 1.56. The van der Waals surface area contributed by atoms with Crippen LogP contribution in [0.25, 0.3) is 0 Å². The molecule has 2 rings (SSSR count). The molecule has 0 atom stereocenters. The zero-order valence-electron chi connectivity index (χ0n) is 10.8. The monoisotopic (exact) mass is 296 g/mol. The van der Waals surface area contributed by atoms with E-state index in [0.717, 1.165) is 6.07 Å². The molecule has 0 aliphatic carbocycles. The van der Waals surface area contributed by atoms with Gasteiger partial charge in [0, 0.05) is 25.4 Å². The van der Waals surface area contributed by atoms with Crippen LogP contribution in [0.15, 0.2) is 35.4 Å². The molecule has 0 fully saturated rings. The molecule has 20 heavy (non-hydrogen) atoms. The van der Waals surface area contributed by atoms with Crippen molar-refractivity contribution >= 4 is 21.5 Å². The van der Waals surface area contributed by atoms with E-state index in [9.17, 15) is 18.5 Å². The maximum Gasteiger partial charge on any atom is 0.290 e. The third kappa shape index (κ3) is 2.62. The third-order valence-corrected chi connectivity index (χ3v) is 4.16. The van der Waals surface area contributed by atoms with Crippen molar-refractivity contribution < 1.29 is 13.3 Å². The summed E-state index contributed by atoms with van der Waals surface area (Å²) in [6, 6.07) is 5.55. The van der Waals surface area contributed by atoms with Gasteiger partial charge in [0.05, 0.1) is 4.92 Å². The molecule has 1 aromatic carbocycles. The Morgan fingerprint density at radius 2 is 2.05 bits per heavy atom. The molecule has 1 aromatic heterocycles. The Morgan fingerprint density at radius 3 is 2.60 bits per heavy atom. The van der Waals surface area contributed by atoms with E-state index in [1.54, 1.807) is 13.2 Å². The van der Waals surface area contributed by atoms with Gasteiger partial charge in [0.15, 0.2) is 10.7 Å². The van der Waals surface area contributed by atoms with Crippen molar-refractivity contribution in [3.05, 3.63) is 46.1 Å². The highest BCUT2D eigenvalue weighted by Crippen LogP contribution is 2.28. The molecule has 8 nitrogen and oxygen atoms in total. The van der Waals surface area contributed by atoms with Crippen molar-refractivity contribution in [3.63, 3.8) is 0 Å². The smallest absolute Gasteiger partial charge is 0.274 e. The Bertz CT molecular complexity index is 766. The second kappa shape index (κ2) is 4.93. The van der Waals surface area contributed by atoms with Crippen LogP contribution in [0, 0.1) is 17.0 Å². The minimum absolute atomic E-state index is 0.102. The molecule has 106 valence electrons. The Hall–Kier alpha value is -2.42. The molecule has 0 saturated heterocycles. The number of nitrogens with one attached hydrogen (secondary N) is 1. The molecular formula is C11H12N4O4S. The van der Waals surface area contributed by atoms with Crippen molar-refractivity contribution in [1.29, 1.82) is 0 Å². The van der Waals surface area contributed by atoms with Gasteiger partial charge < -0.3 is 0 Å². The Morgan fingerprint density at radius 1 is 1.35 bits per heavy atom. The summed E-state index contributed by atoms with van der Waals surface area (Å²) in [5, 5.41) is 14.9. The van der Waals surface area contributed by atoms with Crippen LogP contribution in [0.1, 0.15) is 5.56 Å². The quantitative estimate of drug-likeness (QED) is 0.678. The molecule has 0 amide bonds. The number of nitro benzene ring substituents is 1. The van der Waals surface area contributed by atoms with Crippen LogP contribution in [0.3, 0.4) is 0 Å². The van der Waals surface area contributed by atoms with Crippen LogP contribution in [-0.2, 0) is 17.1 Å². The van der Waals surface area contributed by atoms with Gasteiger partial charge in [0.25, 0.3) is 15.7 Å². The largest absolute Gasteiger partial charge is 0.290 e. The lowest BCUT2D eigenvalue weighted by Crippen LogP contribution is -2.16. The van der Waals surface area contributed by atoms with E-state index in [0.29, 0.717) is 5.56 Å². The van der Waals surface area contributed by atoms with E-state index in [1.807, 2.05) is 0 Å². The minimum atomic E-state index is -4.07. The van der Waals surface area contributed by atoms with Crippen LogP contribution < -0.4 is 4.72 Å². The first-order valence-electron chi connectivity index (χ1n) is 5.58. The van der Waals surface area contributed by atoms with Gasteiger partial charge in [-0.05, 0) is 12.5 Å². The van der Waals surface area contributed by atoms with E-state index < -0.39 is 20.6 Å². The number of rotatable bonds is 4. The number of aromatic nitrogens is 2. The maximum atomic E-state index is 12.3. The van der Waals surface area contributed by atoms with Crippen LogP contribution in [0.4, 0.5) is 11.5 Å². The molecule has 0 aliphatic rings. The van der Waals surface area contributed by atoms with Crippen LogP contribution in [-0.4, -0.2) is 23.1 Å². The number of nitrogens with zero attached hydrogens (tertiary/aromatic N) is 3. The van der Waals surface area contributed by atoms with E-state index in [4.69, 9.17) is 0 Å². The second-order valence-corrected chi connectivity index (χ2v) is 5.78. The molecule has 0 spiro atoms. The zero-order chi connectivity index (χ0) is 14.9. The summed E-state index contributed by atoms with van der Waals surface area (Å²) in [5.74, 6) is 0.102. The topological polar surface area (TPSA) is 107 Å². The average molecular weight is 296 g/mol. The van der Waals surface area contributed by atoms with Gasteiger partial charge in [-0.15, -0.1) is 0 Å². The highest BCUT2D eigenvalue weighted by Gasteiger charge is 2.28. The number of sulfonamides is 1. The van der Waals surface area contributed by atoms with Crippen LogP contribution >= 0.6 is 0 Å². The number of benzene rings is 1. The van der Waals surface area contributed by atoms with E-state index in [2.05, 4.69) is 9.82 Å². The summed E-state index contributed by atoms with van der Waals surface area (Å²) >= 11 is 0. The van der Waals surface area contributed by atoms with Gasteiger partial charge in [-0.2, -0.15) is 5.10 Å². The molecular weight excluding hydrogens is 284 g/mol. The minimum Gasteiger partial charge on any atom is -0.274 e. The van der Waals surface area contributed by atoms with Crippen molar-refractivity contribution in [1.82, 2.24) is 9.78 Å².